The minimum atomic E-state index is -3.33. The number of aromatic amines is 1. The van der Waals surface area contributed by atoms with Gasteiger partial charge in [0, 0.05) is 37.4 Å². The summed E-state index contributed by atoms with van der Waals surface area (Å²) in [7, 11) is -3.33. The van der Waals surface area contributed by atoms with Gasteiger partial charge in [0.25, 0.3) is 11.5 Å². The van der Waals surface area contributed by atoms with E-state index in [0.29, 0.717) is 10.6 Å². The van der Waals surface area contributed by atoms with E-state index in [2.05, 4.69) is 4.98 Å². The van der Waals surface area contributed by atoms with Crippen LogP contribution in [0.25, 0.3) is 0 Å². The number of benzene rings is 1. The normalized spacial score (nSPS) is 15.6. The molecule has 0 aliphatic carbocycles. The third-order valence-corrected chi connectivity index (χ3v) is 6.24. The second-order valence-corrected chi connectivity index (χ2v) is 8.83. The Balaban J connectivity index is 1.86. The summed E-state index contributed by atoms with van der Waals surface area (Å²) in [5.74, 6) is -0.553. The van der Waals surface area contributed by atoms with Gasteiger partial charge in [-0.25, -0.2) is 13.2 Å². The average molecular weight is 427 g/mol. The van der Waals surface area contributed by atoms with Crippen LogP contribution < -0.4 is 11.2 Å². The van der Waals surface area contributed by atoms with Crippen LogP contribution in [0.3, 0.4) is 0 Å². The van der Waals surface area contributed by atoms with Gasteiger partial charge in [0.05, 0.1) is 12.8 Å². The summed E-state index contributed by atoms with van der Waals surface area (Å²) in [4.78, 5) is 41.5. The highest BCUT2D eigenvalue weighted by Gasteiger charge is 2.28. The Kier molecular flexibility index (Phi) is 5.73. The number of hydrogen-bond acceptors (Lipinski definition) is 5. The largest absolute Gasteiger partial charge is 0.336 e. The zero-order valence-corrected chi connectivity index (χ0v) is 16.7. The molecule has 1 amide bonds. The van der Waals surface area contributed by atoms with Crippen LogP contribution in [0.15, 0.2) is 40.1 Å². The third-order valence-electron chi connectivity index (χ3n) is 4.57. The number of rotatable bonds is 4. The van der Waals surface area contributed by atoms with E-state index in [1.807, 2.05) is 0 Å². The molecule has 1 saturated heterocycles. The number of carbonyl (C=O) groups is 1. The van der Waals surface area contributed by atoms with E-state index in [4.69, 9.17) is 11.6 Å². The van der Waals surface area contributed by atoms with Crippen LogP contribution in [-0.2, 0) is 16.6 Å². The molecule has 2 heterocycles. The van der Waals surface area contributed by atoms with Gasteiger partial charge >= 0.3 is 5.69 Å². The Bertz CT molecular complexity index is 1120. The number of amides is 1. The topological polar surface area (TPSA) is 113 Å². The zero-order valence-electron chi connectivity index (χ0n) is 15.1. The van der Waals surface area contributed by atoms with Gasteiger partial charge < -0.3 is 9.88 Å². The summed E-state index contributed by atoms with van der Waals surface area (Å²) in [6.45, 7) is 0.560. The zero-order chi connectivity index (χ0) is 20.5. The van der Waals surface area contributed by atoms with Crippen molar-refractivity contribution in [2.75, 3.05) is 32.4 Å². The standard InChI is InChI=1S/C17H19ClN4O5S/c1-28(26,27)21-8-6-20(7-9-21)15(23)13-10-19-17(25)22(16(13)24)11-12-4-2-3-5-14(12)18/h2-5,10H,6-9,11H2,1H3,(H,19,25). The molecule has 1 aliphatic heterocycles. The molecule has 28 heavy (non-hydrogen) atoms. The van der Waals surface area contributed by atoms with Crippen molar-refractivity contribution in [2.24, 2.45) is 0 Å². The molecule has 0 bridgehead atoms. The first-order valence-corrected chi connectivity index (χ1v) is 10.7. The van der Waals surface area contributed by atoms with Gasteiger partial charge in [-0.05, 0) is 11.6 Å². The molecule has 2 aromatic rings. The molecule has 0 unspecified atom stereocenters. The number of nitrogens with one attached hydrogen (secondary N) is 1. The second-order valence-electron chi connectivity index (χ2n) is 6.44. The maximum atomic E-state index is 12.8. The minimum absolute atomic E-state index is 0.0726. The van der Waals surface area contributed by atoms with Crippen LogP contribution >= 0.6 is 11.6 Å². The van der Waals surface area contributed by atoms with Crippen molar-refractivity contribution >= 4 is 27.5 Å². The lowest BCUT2D eigenvalue weighted by atomic mass is 10.2. The van der Waals surface area contributed by atoms with Crippen molar-refractivity contribution < 1.29 is 13.2 Å². The molecule has 0 spiro atoms. The molecule has 3 rings (SSSR count). The van der Waals surface area contributed by atoms with Gasteiger partial charge in [0.1, 0.15) is 5.56 Å². The number of carbonyl (C=O) groups excluding carboxylic acids is 1. The molecule has 9 nitrogen and oxygen atoms in total. The highest BCUT2D eigenvalue weighted by atomic mass is 35.5. The number of piperazine rings is 1. The van der Waals surface area contributed by atoms with Crippen molar-refractivity contribution in [3.05, 3.63) is 67.4 Å². The van der Waals surface area contributed by atoms with E-state index in [1.165, 1.54) is 9.21 Å². The van der Waals surface area contributed by atoms with Gasteiger partial charge in [-0.1, -0.05) is 29.8 Å². The Morgan fingerprint density at radius 3 is 2.39 bits per heavy atom. The predicted octanol–water partition coefficient (Wildman–Crippen LogP) is -0.0443. The maximum Gasteiger partial charge on any atom is 0.328 e. The highest BCUT2D eigenvalue weighted by Crippen LogP contribution is 2.15. The van der Waals surface area contributed by atoms with E-state index in [1.54, 1.807) is 24.3 Å². The summed E-state index contributed by atoms with van der Waals surface area (Å²) in [5.41, 5.74) is -0.981. The number of hydrogen-bond donors (Lipinski definition) is 1. The number of sulfonamides is 1. The molecular weight excluding hydrogens is 408 g/mol. The van der Waals surface area contributed by atoms with Gasteiger partial charge in [-0.2, -0.15) is 4.31 Å². The van der Waals surface area contributed by atoms with Crippen molar-refractivity contribution in [3.8, 4) is 0 Å². The molecule has 150 valence electrons. The lowest BCUT2D eigenvalue weighted by molar-refractivity contribution is 0.0695. The molecule has 1 fully saturated rings. The molecule has 0 radical (unpaired) electrons. The molecule has 1 aromatic carbocycles. The quantitative estimate of drug-likeness (QED) is 0.736. The summed E-state index contributed by atoms with van der Waals surface area (Å²) >= 11 is 6.10. The Labute approximate surface area is 166 Å². The molecule has 0 saturated carbocycles. The first kappa shape index (κ1) is 20.3. The van der Waals surface area contributed by atoms with E-state index in [0.717, 1.165) is 17.0 Å². The van der Waals surface area contributed by atoms with Crippen LogP contribution in [0.1, 0.15) is 15.9 Å². The minimum Gasteiger partial charge on any atom is -0.336 e. The molecular formula is C17H19ClN4O5S. The number of nitrogens with zero attached hydrogens (tertiary/aromatic N) is 3. The molecule has 1 aromatic heterocycles. The Hall–Kier alpha value is -2.43. The van der Waals surface area contributed by atoms with Crippen LogP contribution in [-0.4, -0.2) is 65.5 Å². The van der Waals surface area contributed by atoms with E-state index in [-0.39, 0.29) is 38.3 Å². The van der Waals surface area contributed by atoms with E-state index in [9.17, 15) is 22.8 Å². The fraction of sp³-hybridized carbons (Fsp3) is 0.353. The van der Waals surface area contributed by atoms with Gasteiger partial charge in [0.2, 0.25) is 10.0 Å². The molecule has 0 atom stereocenters. The maximum absolute atomic E-state index is 12.8. The van der Waals surface area contributed by atoms with Gasteiger partial charge in [0.15, 0.2) is 0 Å². The third kappa shape index (κ3) is 4.18. The lowest BCUT2D eigenvalue weighted by Gasteiger charge is -2.33. The van der Waals surface area contributed by atoms with Crippen LogP contribution in [0.2, 0.25) is 5.02 Å². The van der Waals surface area contributed by atoms with Crippen LogP contribution in [0, 0.1) is 0 Å². The molecule has 11 heteroatoms. The SMILES string of the molecule is CS(=O)(=O)N1CCN(C(=O)c2c[nH]c(=O)n(Cc3ccccc3Cl)c2=O)CC1. The lowest BCUT2D eigenvalue weighted by Crippen LogP contribution is -2.51. The van der Waals surface area contributed by atoms with Crippen LogP contribution in [0.5, 0.6) is 0 Å². The smallest absolute Gasteiger partial charge is 0.328 e. The first-order chi connectivity index (χ1) is 13.2. The van der Waals surface area contributed by atoms with E-state index < -0.39 is 27.2 Å². The molecule has 1 N–H and O–H groups in total. The van der Waals surface area contributed by atoms with Gasteiger partial charge in [-0.3, -0.25) is 14.2 Å². The fourth-order valence-electron chi connectivity index (χ4n) is 3.00. The monoisotopic (exact) mass is 426 g/mol. The predicted molar refractivity (Wildman–Crippen MR) is 104 cm³/mol. The summed E-state index contributed by atoms with van der Waals surface area (Å²) < 4.78 is 25.4. The highest BCUT2D eigenvalue weighted by molar-refractivity contribution is 7.88. The van der Waals surface area contributed by atoms with E-state index >= 15 is 0 Å². The van der Waals surface area contributed by atoms with Crippen LogP contribution in [0.4, 0.5) is 0 Å². The average Bonchev–Trinajstić information content (AvgIpc) is 2.65. The Morgan fingerprint density at radius 2 is 1.79 bits per heavy atom. The van der Waals surface area contributed by atoms with Crippen molar-refractivity contribution in [3.63, 3.8) is 0 Å². The fourth-order valence-corrected chi connectivity index (χ4v) is 4.02. The summed E-state index contributed by atoms with van der Waals surface area (Å²) in [6.07, 6.45) is 2.21. The number of halogens is 1. The number of H-pyrrole nitrogens is 1. The van der Waals surface area contributed by atoms with Crippen molar-refractivity contribution in [1.29, 1.82) is 0 Å². The van der Waals surface area contributed by atoms with Gasteiger partial charge in [-0.15, -0.1) is 0 Å². The van der Waals surface area contributed by atoms with Crippen molar-refractivity contribution in [1.82, 2.24) is 18.8 Å². The second kappa shape index (κ2) is 7.90. The first-order valence-electron chi connectivity index (χ1n) is 8.49. The van der Waals surface area contributed by atoms with Crippen molar-refractivity contribution in [2.45, 2.75) is 6.54 Å². The number of aromatic nitrogens is 2. The molecule has 1 aliphatic rings. The summed E-state index contributed by atoms with van der Waals surface area (Å²) in [6, 6.07) is 6.80. The Morgan fingerprint density at radius 1 is 1.14 bits per heavy atom. The summed E-state index contributed by atoms with van der Waals surface area (Å²) in [5, 5.41) is 0.405.